The zero-order valence-electron chi connectivity index (χ0n) is 6.56. The number of amides is 2. The Kier molecular flexibility index (Phi) is 1.66. The molecule has 12 heavy (non-hydrogen) atoms. The predicted molar refractivity (Wildman–Crippen MR) is 43.5 cm³/mol. The van der Waals surface area contributed by atoms with E-state index in [1.54, 1.807) is 0 Å². The molecule has 0 bridgehead atoms. The van der Waals surface area contributed by atoms with Crippen LogP contribution in [-0.4, -0.2) is 46.0 Å². The first kappa shape index (κ1) is 8.07. The van der Waals surface area contributed by atoms with Crippen LogP contribution < -0.4 is 0 Å². The molecule has 0 spiro atoms. The number of fused-ring (bicyclic) bond motifs is 1. The lowest BCUT2D eigenvalue weighted by atomic mass is 10.0. The highest BCUT2D eigenvalue weighted by atomic mass is 32.2. The van der Waals surface area contributed by atoms with Gasteiger partial charge in [-0.3, -0.25) is 14.5 Å². The lowest BCUT2D eigenvalue weighted by Gasteiger charge is -2.09. The summed E-state index contributed by atoms with van der Waals surface area (Å²) in [5.41, 5.74) is 0. The minimum absolute atomic E-state index is 0.161. The number of imide groups is 1. The summed E-state index contributed by atoms with van der Waals surface area (Å²) in [5.74, 6) is -0.373. The second-order valence-electron chi connectivity index (χ2n) is 3.08. The Morgan fingerprint density at radius 2 is 2.17 bits per heavy atom. The van der Waals surface area contributed by atoms with Crippen LogP contribution in [0.4, 0.5) is 0 Å². The fraction of sp³-hybridized carbons (Fsp3) is 0.714. The van der Waals surface area contributed by atoms with Gasteiger partial charge in [-0.1, -0.05) is 0 Å². The Morgan fingerprint density at radius 3 is 2.75 bits per heavy atom. The van der Waals surface area contributed by atoms with E-state index < -0.39 is 12.0 Å². The van der Waals surface area contributed by atoms with Crippen LogP contribution in [0.15, 0.2) is 0 Å². The molecule has 4 nitrogen and oxygen atoms in total. The molecule has 0 aliphatic carbocycles. The minimum Gasteiger partial charge on any atom is -0.391 e. The van der Waals surface area contributed by atoms with Gasteiger partial charge in [0.25, 0.3) is 0 Å². The number of carbonyl (C=O) groups excluding carboxylic acids is 2. The molecule has 2 fully saturated rings. The van der Waals surface area contributed by atoms with Gasteiger partial charge >= 0.3 is 0 Å². The molecular formula is C7H9NO3S. The fourth-order valence-corrected chi connectivity index (χ4v) is 3.07. The number of aliphatic hydroxyl groups excluding tert-OH is 1. The Balaban J connectivity index is 2.32. The van der Waals surface area contributed by atoms with Crippen LogP contribution in [0.3, 0.4) is 0 Å². The van der Waals surface area contributed by atoms with Crippen molar-refractivity contribution in [1.82, 2.24) is 4.90 Å². The highest BCUT2D eigenvalue weighted by Crippen LogP contribution is 2.39. The van der Waals surface area contributed by atoms with E-state index in [-0.39, 0.29) is 17.1 Å². The van der Waals surface area contributed by atoms with E-state index in [2.05, 4.69) is 0 Å². The van der Waals surface area contributed by atoms with Gasteiger partial charge in [0.1, 0.15) is 0 Å². The van der Waals surface area contributed by atoms with Crippen LogP contribution in [-0.2, 0) is 9.59 Å². The number of carbonyl (C=O) groups is 2. The molecular weight excluding hydrogens is 178 g/mol. The zero-order chi connectivity index (χ0) is 8.88. The lowest BCUT2D eigenvalue weighted by molar-refractivity contribution is -0.138. The predicted octanol–water partition coefficient (Wildman–Crippen LogP) is -0.923. The Bertz CT molecular complexity index is 255. The monoisotopic (exact) mass is 187 g/mol. The van der Waals surface area contributed by atoms with E-state index in [9.17, 15) is 14.7 Å². The van der Waals surface area contributed by atoms with Gasteiger partial charge in [-0.15, -0.1) is 11.8 Å². The van der Waals surface area contributed by atoms with Gasteiger partial charge in [0, 0.05) is 12.8 Å². The first-order valence-corrected chi connectivity index (χ1v) is 4.79. The van der Waals surface area contributed by atoms with Crippen molar-refractivity contribution in [3.8, 4) is 0 Å². The topological polar surface area (TPSA) is 57.6 Å². The van der Waals surface area contributed by atoms with Crippen molar-refractivity contribution in [1.29, 1.82) is 0 Å². The summed E-state index contributed by atoms with van der Waals surface area (Å²) in [6.07, 6.45) is -0.638. The van der Waals surface area contributed by atoms with Crippen molar-refractivity contribution in [2.75, 3.05) is 12.8 Å². The molecule has 0 aromatic carbocycles. The van der Waals surface area contributed by atoms with E-state index in [1.807, 2.05) is 0 Å². The lowest BCUT2D eigenvalue weighted by Crippen LogP contribution is -2.30. The molecule has 66 valence electrons. The molecule has 2 aliphatic heterocycles. The highest BCUT2D eigenvalue weighted by Gasteiger charge is 2.53. The van der Waals surface area contributed by atoms with Crippen LogP contribution in [0.25, 0.3) is 0 Å². The third-order valence-electron chi connectivity index (χ3n) is 2.38. The number of hydrogen-bond donors (Lipinski definition) is 1. The van der Waals surface area contributed by atoms with Crippen molar-refractivity contribution < 1.29 is 14.7 Å². The third kappa shape index (κ3) is 0.834. The maximum atomic E-state index is 11.3. The summed E-state index contributed by atoms with van der Waals surface area (Å²) in [6.45, 7) is 0. The Morgan fingerprint density at radius 1 is 1.50 bits per heavy atom. The van der Waals surface area contributed by atoms with Gasteiger partial charge in [-0.2, -0.15) is 0 Å². The molecule has 0 unspecified atom stereocenters. The summed E-state index contributed by atoms with van der Waals surface area (Å²) >= 11 is 1.37. The number of hydrogen-bond acceptors (Lipinski definition) is 4. The molecule has 2 rings (SSSR count). The average molecular weight is 187 g/mol. The van der Waals surface area contributed by atoms with Gasteiger partial charge in [-0.25, -0.2) is 0 Å². The summed E-state index contributed by atoms with van der Waals surface area (Å²) in [7, 11) is 1.47. The molecule has 0 radical (unpaired) electrons. The smallest absolute Gasteiger partial charge is 0.242 e. The standard InChI is InChI=1S/C7H9NO3S/c1-8-6(10)4-3(9)2-12-5(4)7(8)11/h3-5,9H,2H2,1H3/t3-,4-,5-/m1/s1. The summed E-state index contributed by atoms with van der Waals surface area (Å²) in [5, 5.41) is 9.06. The summed E-state index contributed by atoms with van der Waals surface area (Å²) < 4.78 is 0. The van der Waals surface area contributed by atoms with Crippen LogP contribution in [0.2, 0.25) is 0 Å². The molecule has 1 N–H and O–H groups in total. The van der Waals surface area contributed by atoms with Crippen LogP contribution in [0.5, 0.6) is 0 Å². The van der Waals surface area contributed by atoms with Crippen LogP contribution in [0.1, 0.15) is 0 Å². The molecule has 3 atom stereocenters. The second-order valence-corrected chi connectivity index (χ2v) is 4.26. The van der Waals surface area contributed by atoms with Gasteiger partial charge in [0.2, 0.25) is 11.8 Å². The van der Waals surface area contributed by atoms with Crippen molar-refractivity contribution >= 4 is 23.6 Å². The number of thioether (sulfide) groups is 1. The maximum absolute atomic E-state index is 11.3. The van der Waals surface area contributed by atoms with Crippen molar-refractivity contribution in [3.63, 3.8) is 0 Å². The van der Waals surface area contributed by atoms with Crippen molar-refractivity contribution in [2.24, 2.45) is 5.92 Å². The minimum atomic E-state index is -0.638. The molecule has 0 aromatic heterocycles. The first-order valence-electron chi connectivity index (χ1n) is 3.74. The first-order chi connectivity index (χ1) is 5.63. The molecule has 2 amide bonds. The molecule has 2 heterocycles. The SMILES string of the molecule is CN1C(=O)[C@@H]2[C@H](O)CS[C@H]2C1=O. The molecule has 5 heteroatoms. The largest absolute Gasteiger partial charge is 0.391 e. The van der Waals surface area contributed by atoms with E-state index in [4.69, 9.17) is 0 Å². The number of aliphatic hydroxyl groups is 1. The Hall–Kier alpha value is -0.550. The summed E-state index contributed by atoms with van der Waals surface area (Å²) in [4.78, 5) is 23.8. The Labute approximate surface area is 73.9 Å². The van der Waals surface area contributed by atoms with Gasteiger partial charge in [0.15, 0.2) is 0 Å². The third-order valence-corrected chi connectivity index (χ3v) is 3.76. The fourth-order valence-electron chi connectivity index (χ4n) is 1.65. The number of rotatable bonds is 0. The van der Waals surface area contributed by atoms with E-state index in [1.165, 1.54) is 18.8 Å². The molecule has 2 saturated heterocycles. The molecule has 0 saturated carbocycles. The normalized spacial score (nSPS) is 40.8. The average Bonchev–Trinajstić information content (AvgIpc) is 2.51. The number of nitrogens with zero attached hydrogens (tertiary/aromatic N) is 1. The van der Waals surface area contributed by atoms with Gasteiger partial charge in [-0.05, 0) is 0 Å². The molecule has 2 aliphatic rings. The van der Waals surface area contributed by atoms with E-state index in [0.29, 0.717) is 5.75 Å². The molecule has 0 aromatic rings. The van der Waals surface area contributed by atoms with Crippen molar-refractivity contribution in [3.05, 3.63) is 0 Å². The summed E-state index contributed by atoms with van der Waals surface area (Å²) in [6, 6.07) is 0. The maximum Gasteiger partial charge on any atom is 0.242 e. The quantitative estimate of drug-likeness (QED) is 0.498. The van der Waals surface area contributed by atoms with Crippen LogP contribution in [0, 0.1) is 5.92 Å². The zero-order valence-corrected chi connectivity index (χ0v) is 7.37. The van der Waals surface area contributed by atoms with E-state index in [0.717, 1.165) is 4.90 Å². The number of likely N-dealkylation sites (tertiary alicyclic amines) is 1. The van der Waals surface area contributed by atoms with Crippen molar-refractivity contribution in [2.45, 2.75) is 11.4 Å². The van der Waals surface area contributed by atoms with Crippen LogP contribution >= 0.6 is 11.8 Å². The van der Waals surface area contributed by atoms with Gasteiger partial charge in [0.05, 0.1) is 17.3 Å². The highest BCUT2D eigenvalue weighted by molar-refractivity contribution is 8.01. The van der Waals surface area contributed by atoms with E-state index >= 15 is 0 Å². The second kappa shape index (κ2) is 2.47. The van der Waals surface area contributed by atoms with Gasteiger partial charge < -0.3 is 5.11 Å².